The van der Waals surface area contributed by atoms with Gasteiger partial charge in [-0.3, -0.25) is 14.5 Å². The molecule has 0 aromatic heterocycles. The zero-order chi connectivity index (χ0) is 19.6. The summed E-state index contributed by atoms with van der Waals surface area (Å²) in [6.07, 6.45) is 2.10. The molecule has 7 nitrogen and oxygen atoms in total. The van der Waals surface area contributed by atoms with Crippen LogP contribution in [0.3, 0.4) is 0 Å². The summed E-state index contributed by atoms with van der Waals surface area (Å²) < 4.78 is 5.50. The van der Waals surface area contributed by atoms with E-state index in [-0.39, 0.29) is 24.8 Å². The molecule has 3 rings (SSSR count). The molecule has 27 heavy (non-hydrogen) atoms. The number of urea groups is 1. The lowest BCUT2D eigenvalue weighted by Gasteiger charge is -2.33. The molecule has 1 atom stereocenters. The van der Waals surface area contributed by atoms with Crippen LogP contribution >= 0.6 is 0 Å². The van der Waals surface area contributed by atoms with Crippen LogP contribution in [0.15, 0.2) is 24.3 Å². The molecular formula is C20H26N2O5. The molecule has 0 unspecified atom stereocenters. The third kappa shape index (κ3) is 4.13. The minimum absolute atomic E-state index is 0.0359. The number of ether oxygens (including phenoxy) is 1. The van der Waals surface area contributed by atoms with Crippen molar-refractivity contribution in [3.05, 3.63) is 29.8 Å². The van der Waals surface area contributed by atoms with E-state index in [0.29, 0.717) is 30.1 Å². The summed E-state index contributed by atoms with van der Waals surface area (Å²) in [5.41, 5.74) is -0.221. The van der Waals surface area contributed by atoms with E-state index in [0.717, 1.165) is 17.7 Å². The van der Waals surface area contributed by atoms with Crippen molar-refractivity contribution in [3.63, 3.8) is 0 Å². The standard InChI is InChI=1S/C20H26N2O5/c1-13-7-9-20(10-8-13)18(25)22(19(26)21-20)11-16(24)12-27-17-5-3-15(4-6-17)14(2)23/h3-6,13,16,24H,7-12H2,1-2H3,(H,21,26)/t13?,16-,20?/m1/s1. The molecule has 2 N–H and O–H groups in total. The molecule has 3 amide bonds. The number of aliphatic hydroxyl groups excluding tert-OH is 1. The highest BCUT2D eigenvalue weighted by molar-refractivity contribution is 6.07. The maximum absolute atomic E-state index is 12.8. The maximum Gasteiger partial charge on any atom is 0.325 e. The fraction of sp³-hybridized carbons (Fsp3) is 0.550. The first-order chi connectivity index (χ1) is 12.8. The number of rotatable bonds is 6. The highest BCUT2D eigenvalue weighted by Gasteiger charge is 2.52. The Balaban J connectivity index is 1.54. The van der Waals surface area contributed by atoms with E-state index >= 15 is 0 Å². The second-order valence-corrected chi connectivity index (χ2v) is 7.66. The fourth-order valence-corrected chi connectivity index (χ4v) is 3.68. The molecule has 1 aliphatic heterocycles. The quantitative estimate of drug-likeness (QED) is 0.587. The van der Waals surface area contributed by atoms with Gasteiger partial charge >= 0.3 is 6.03 Å². The number of aliphatic hydroxyl groups is 1. The molecule has 1 heterocycles. The van der Waals surface area contributed by atoms with Crippen LogP contribution in [0.5, 0.6) is 5.75 Å². The summed E-state index contributed by atoms with van der Waals surface area (Å²) in [5.74, 6) is 0.784. The monoisotopic (exact) mass is 374 g/mol. The van der Waals surface area contributed by atoms with Crippen molar-refractivity contribution in [2.24, 2.45) is 5.92 Å². The van der Waals surface area contributed by atoms with E-state index in [4.69, 9.17) is 4.74 Å². The summed E-state index contributed by atoms with van der Waals surface area (Å²) in [6, 6.07) is 6.15. The van der Waals surface area contributed by atoms with Gasteiger partial charge in [0.15, 0.2) is 5.78 Å². The number of hydrogen-bond acceptors (Lipinski definition) is 5. The van der Waals surface area contributed by atoms with E-state index in [1.54, 1.807) is 24.3 Å². The summed E-state index contributed by atoms with van der Waals surface area (Å²) in [6.45, 7) is 3.47. The summed E-state index contributed by atoms with van der Waals surface area (Å²) >= 11 is 0. The van der Waals surface area contributed by atoms with Crippen molar-refractivity contribution in [1.82, 2.24) is 10.2 Å². The highest BCUT2D eigenvalue weighted by Crippen LogP contribution is 2.36. The molecule has 1 aromatic carbocycles. The molecule has 1 saturated heterocycles. The van der Waals surface area contributed by atoms with Gasteiger partial charge < -0.3 is 15.2 Å². The van der Waals surface area contributed by atoms with Crippen molar-refractivity contribution in [3.8, 4) is 5.75 Å². The van der Waals surface area contributed by atoms with Gasteiger partial charge in [0.25, 0.3) is 5.91 Å². The van der Waals surface area contributed by atoms with E-state index in [9.17, 15) is 19.5 Å². The maximum atomic E-state index is 12.8. The van der Waals surface area contributed by atoms with Crippen molar-refractivity contribution in [2.75, 3.05) is 13.2 Å². The minimum atomic E-state index is -0.996. The SMILES string of the molecule is CC(=O)c1ccc(OC[C@H](O)CN2C(=O)NC3(CCC(C)CC3)C2=O)cc1. The van der Waals surface area contributed by atoms with Crippen LogP contribution in [0.1, 0.15) is 49.9 Å². The summed E-state index contributed by atoms with van der Waals surface area (Å²) in [7, 11) is 0. The largest absolute Gasteiger partial charge is 0.491 e. The molecule has 1 aliphatic carbocycles. The smallest absolute Gasteiger partial charge is 0.325 e. The summed E-state index contributed by atoms with van der Waals surface area (Å²) in [4.78, 5) is 37.4. The number of imide groups is 1. The average Bonchev–Trinajstić information content (AvgIpc) is 2.87. The Hall–Kier alpha value is -2.41. The van der Waals surface area contributed by atoms with Gasteiger partial charge in [0, 0.05) is 5.56 Å². The molecule has 7 heteroatoms. The number of hydrogen-bond donors (Lipinski definition) is 2. The van der Waals surface area contributed by atoms with Crippen molar-refractivity contribution in [1.29, 1.82) is 0 Å². The van der Waals surface area contributed by atoms with Gasteiger partial charge in [0.1, 0.15) is 24.0 Å². The molecule has 146 valence electrons. The number of carbonyl (C=O) groups excluding carboxylic acids is 3. The first kappa shape index (κ1) is 19.4. The van der Waals surface area contributed by atoms with Crippen LogP contribution < -0.4 is 10.1 Å². The number of nitrogens with zero attached hydrogens (tertiary/aromatic N) is 1. The zero-order valence-electron chi connectivity index (χ0n) is 15.7. The molecule has 1 aromatic rings. The number of amides is 3. The van der Waals surface area contributed by atoms with Gasteiger partial charge in [-0.05, 0) is 62.8 Å². The fourth-order valence-electron chi connectivity index (χ4n) is 3.68. The van der Waals surface area contributed by atoms with Gasteiger partial charge in [-0.25, -0.2) is 4.79 Å². The van der Waals surface area contributed by atoms with Gasteiger partial charge in [-0.1, -0.05) is 6.92 Å². The van der Waals surface area contributed by atoms with Gasteiger partial charge in [-0.2, -0.15) is 0 Å². The topological polar surface area (TPSA) is 95.9 Å². The lowest BCUT2D eigenvalue weighted by Crippen LogP contribution is -2.49. The number of ketones is 1. The normalized spacial score (nSPS) is 26.2. The Bertz CT molecular complexity index is 722. The molecule has 1 spiro atoms. The van der Waals surface area contributed by atoms with E-state index in [1.165, 1.54) is 6.92 Å². The number of nitrogens with one attached hydrogen (secondary N) is 1. The lowest BCUT2D eigenvalue weighted by molar-refractivity contribution is -0.133. The van der Waals surface area contributed by atoms with Crippen molar-refractivity contribution < 1.29 is 24.2 Å². The van der Waals surface area contributed by atoms with E-state index in [2.05, 4.69) is 12.2 Å². The van der Waals surface area contributed by atoms with Crippen LogP contribution in [0.4, 0.5) is 4.79 Å². The Kier molecular flexibility index (Phi) is 5.51. The second-order valence-electron chi connectivity index (χ2n) is 7.66. The number of Topliss-reactive ketones (excluding diaryl/α,β-unsaturated/α-hetero) is 1. The number of carbonyl (C=O) groups is 3. The molecule has 1 saturated carbocycles. The molecular weight excluding hydrogens is 348 g/mol. The first-order valence-corrected chi connectivity index (χ1v) is 9.37. The Labute approximate surface area is 158 Å². The first-order valence-electron chi connectivity index (χ1n) is 9.37. The molecule has 0 radical (unpaired) electrons. The second kappa shape index (κ2) is 7.68. The van der Waals surface area contributed by atoms with Crippen LogP contribution in [0, 0.1) is 5.92 Å². The Morgan fingerprint density at radius 1 is 1.30 bits per heavy atom. The van der Waals surface area contributed by atoms with Gasteiger partial charge in [-0.15, -0.1) is 0 Å². The average molecular weight is 374 g/mol. The van der Waals surface area contributed by atoms with Crippen LogP contribution in [0.25, 0.3) is 0 Å². The van der Waals surface area contributed by atoms with E-state index in [1.807, 2.05) is 0 Å². The number of benzene rings is 1. The van der Waals surface area contributed by atoms with Crippen molar-refractivity contribution in [2.45, 2.75) is 51.2 Å². The lowest BCUT2D eigenvalue weighted by atomic mass is 9.77. The van der Waals surface area contributed by atoms with Crippen LogP contribution in [-0.2, 0) is 4.79 Å². The number of β-amino-alcohol motifs (C(OH)–C–C–N with tert-alkyl or cyclic N) is 1. The highest BCUT2D eigenvalue weighted by atomic mass is 16.5. The third-order valence-electron chi connectivity index (χ3n) is 5.47. The van der Waals surface area contributed by atoms with E-state index < -0.39 is 17.7 Å². The summed E-state index contributed by atoms with van der Waals surface area (Å²) in [5, 5.41) is 13.1. The van der Waals surface area contributed by atoms with Crippen LogP contribution in [-0.4, -0.2) is 52.5 Å². The predicted molar refractivity (Wildman–Crippen MR) is 98.6 cm³/mol. The third-order valence-corrected chi connectivity index (χ3v) is 5.47. The van der Waals surface area contributed by atoms with Gasteiger partial charge in [0.2, 0.25) is 0 Å². The molecule has 2 fully saturated rings. The Morgan fingerprint density at radius 3 is 2.52 bits per heavy atom. The van der Waals surface area contributed by atoms with Crippen LogP contribution in [0.2, 0.25) is 0 Å². The van der Waals surface area contributed by atoms with Gasteiger partial charge in [0.05, 0.1) is 6.54 Å². The minimum Gasteiger partial charge on any atom is -0.491 e. The molecule has 0 bridgehead atoms. The predicted octanol–water partition coefficient (Wildman–Crippen LogP) is 2.13. The molecule has 2 aliphatic rings. The Morgan fingerprint density at radius 2 is 1.93 bits per heavy atom. The zero-order valence-corrected chi connectivity index (χ0v) is 15.7. The van der Waals surface area contributed by atoms with Crippen molar-refractivity contribution >= 4 is 17.7 Å².